The highest BCUT2D eigenvalue weighted by molar-refractivity contribution is 5.90. The Morgan fingerprint density at radius 3 is 2.87 bits per heavy atom. The van der Waals surface area contributed by atoms with E-state index in [1.54, 1.807) is 6.33 Å². The molecule has 1 N–H and O–H groups in total. The molecule has 31 heavy (non-hydrogen) atoms. The number of aromatic amines is 1. The summed E-state index contributed by atoms with van der Waals surface area (Å²) in [6, 6.07) is 1.78. The van der Waals surface area contributed by atoms with Gasteiger partial charge in [0.05, 0.1) is 18.6 Å². The summed E-state index contributed by atoms with van der Waals surface area (Å²) in [6.45, 7) is 3.95. The second kappa shape index (κ2) is 7.47. The number of carbonyl (C=O) groups is 2. The number of hydrogen-bond acceptors (Lipinski definition) is 6. The second-order valence-electron chi connectivity index (χ2n) is 9.24. The second-order valence-corrected chi connectivity index (χ2v) is 9.24. The van der Waals surface area contributed by atoms with Crippen molar-refractivity contribution in [3.05, 3.63) is 18.6 Å². The summed E-state index contributed by atoms with van der Waals surface area (Å²) in [6.07, 6.45) is 6.93. The van der Waals surface area contributed by atoms with Crippen LogP contribution >= 0.6 is 0 Å². The molecule has 4 aliphatic rings. The zero-order chi connectivity index (χ0) is 20.9. The predicted octanol–water partition coefficient (Wildman–Crippen LogP) is 1.02. The van der Waals surface area contributed by atoms with Gasteiger partial charge in [0, 0.05) is 50.8 Å². The highest BCUT2D eigenvalue weighted by Gasteiger charge is 2.53. The van der Waals surface area contributed by atoms with Crippen molar-refractivity contribution in [2.45, 2.75) is 37.8 Å². The molecule has 4 aliphatic heterocycles. The Morgan fingerprint density at radius 2 is 2.00 bits per heavy atom. The number of hydrogen-bond donors (Lipinski definition) is 1. The third-order valence-electron chi connectivity index (χ3n) is 7.55. The van der Waals surface area contributed by atoms with E-state index in [2.05, 4.69) is 19.9 Å². The summed E-state index contributed by atoms with van der Waals surface area (Å²) in [5.41, 5.74) is 0.830. The molecule has 9 nitrogen and oxygen atoms in total. The number of fused-ring (bicyclic) bond motifs is 5. The third kappa shape index (κ3) is 3.09. The number of morpholine rings is 1. The van der Waals surface area contributed by atoms with Gasteiger partial charge >= 0.3 is 0 Å². The number of carbonyl (C=O) groups excluding carboxylic acids is 2. The van der Waals surface area contributed by atoms with Crippen molar-refractivity contribution in [3.63, 3.8) is 0 Å². The maximum absolute atomic E-state index is 13.7. The average molecular weight is 425 g/mol. The number of nitrogens with one attached hydrogen (secondary N) is 1. The van der Waals surface area contributed by atoms with Gasteiger partial charge in [-0.05, 0) is 31.2 Å². The highest BCUT2D eigenvalue weighted by Crippen LogP contribution is 2.43. The van der Waals surface area contributed by atoms with Crippen LogP contribution in [0.2, 0.25) is 0 Å². The Balaban J connectivity index is 1.36. The SMILES string of the molecule is O=C([C@H]1[C@H]2C[C@H](CN(c3ncnc4[nH]ccc34)C2)[C@@H]2CCCC(=O)N21)N1CCOCC1. The Kier molecular flexibility index (Phi) is 4.59. The zero-order valence-corrected chi connectivity index (χ0v) is 17.6. The van der Waals surface area contributed by atoms with E-state index < -0.39 is 0 Å². The first-order chi connectivity index (χ1) is 15.2. The molecule has 2 amide bonds. The van der Waals surface area contributed by atoms with Crippen LogP contribution in [0.1, 0.15) is 25.7 Å². The van der Waals surface area contributed by atoms with E-state index in [0.717, 1.165) is 49.2 Å². The molecule has 2 bridgehead atoms. The number of amides is 2. The summed E-state index contributed by atoms with van der Waals surface area (Å²) in [7, 11) is 0. The van der Waals surface area contributed by atoms with Crippen LogP contribution in [0.15, 0.2) is 18.6 Å². The van der Waals surface area contributed by atoms with Gasteiger partial charge in [-0.15, -0.1) is 0 Å². The lowest BCUT2D eigenvalue weighted by Crippen LogP contribution is -2.69. The molecule has 4 fully saturated rings. The fourth-order valence-electron chi connectivity index (χ4n) is 6.23. The van der Waals surface area contributed by atoms with Gasteiger partial charge in [-0.25, -0.2) is 9.97 Å². The number of rotatable bonds is 2. The van der Waals surface area contributed by atoms with Crippen LogP contribution in [0.5, 0.6) is 0 Å². The molecule has 9 heteroatoms. The van der Waals surface area contributed by atoms with E-state index in [1.165, 1.54) is 0 Å². The minimum absolute atomic E-state index is 0.100. The van der Waals surface area contributed by atoms with Crippen LogP contribution in [0, 0.1) is 11.8 Å². The standard InChI is InChI=1S/C22H28N6O3/c29-18-3-1-2-17-14-10-15(19(28(17)18)22(30)26-6-8-31-9-7-26)12-27(11-14)21-16-4-5-23-20(16)24-13-25-21/h4-5,13-15,17,19H,1-3,6-12H2,(H,23,24,25)/t14-,15+,17+,19-/m1/s1. The number of nitrogens with zero attached hydrogens (tertiary/aromatic N) is 5. The fourth-order valence-corrected chi connectivity index (χ4v) is 6.23. The van der Waals surface area contributed by atoms with Crippen molar-refractivity contribution in [2.24, 2.45) is 11.8 Å². The van der Waals surface area contributed by atoms with Gasteiger partial charge in [-0.1, -0.05) is 0 Å². The molecule has 0 spiro atoms. The summed E-state index contributed by atoms with van der Waals surface area (Å²) >= 11 is 0. The smallest absolute Gasteiger partial charge is 0.245 e. The summed E-state index contributed by atoms with van der Waals surface area (Å²) in [5.74, 6) is 1.65. The van der Waals surface area contributed by atoms with Crippen LogP contribution in [-0.4, -0.2) is 88.0 Å². The Labute approximate surface area is 180 Å². The molecule has 2 aromatic rings. The number of aromatic nitrogens is 3. The van der Waals surface area contributed by atoms with Crippen molar-refractivity contribution >= 4 is 28.7 Å². The van der Waals surface area contributed by atoms with Gasteiger partial charge in [-0.2, -0.15) is 0 Å². The van der Waals surface area contributed by atoms with E-state index in [1.807, 2.05) is 22.1 Å². The van der Waals surface area contributed by atoms with E-state index >= 15 is 0 Å². The molecule has 164 valence electrons. The van der Waals surface area contributed by atoms with E-state index in [4.69, 9.17) is 4.74 Å². The average Bonchev–Trinajstić information content (AvgIpc) is 3.29. The topological polar surface area (TPSA) is 94.7 Å². The van der Waals surface area contributed by atoms with Crippen molar-refractivity contribution in [1.82, 2.24) is 24.8 Å². The first-order valence-corrected chi connectivity index (χ1v) is 11.4. The van der Waals surface area contributed by atoms with Crippen LogP contribution < -0.4 is 4.90 Å². The lowest BCUT2D eigenvalue weighted by molar-refractivity contribution is -0.163. The first kappa shape index (κ1) is 19.0. The maximum Gasteiger partial charge on any atom is 0.245 e. The minimum atomic E-state index is -0.376. The van der Waals surface area contributed by atoms with Gasteiger partial charge in [0.2, 0.25) is 11.8 Å². The van der Waals surface area contributed by atoms with E-state index in [9.17, 15) is 9.59 Å². The summed E-state index contributed by atoms with van der Waals surface area (Å²) in [4.78, 5) is 45.1. The molecule has 0 radical (unpaired) electrons. The molecule has 0 aromatic carbocycles. The van der Waals surface area contributed by atoms with Gasteiger partial charge in [0.25, 0.3) is 0 Å². The molecule has 4 atom stereocenters. The van der Waals surface area contributed by atoms with Crippen molar-refractivity contribution in [1.29, 1.82) is 0 Å². The predicted molar refractivity (Wildman–Crippen MR) is 113 cm³/mol. The molecule has 0 saturated carbocycles. The van der Waals surface area contributed by atoms with E-state index in [0.29, 0.717) is 38.6 Å². The molecule has 4 saturated heterocycles. The summed E-state index contributed by atoms with van der Waals surface area (Å²) in [5, 5.41) is 1.01. The van der Waals surface area contributed by atoms with Gasteiger partial charge in [0.1, 0.15) is 23.8 Å². The molecule has 6 heterocycles. The monoisotopic (exact) mass is 424 g/mol. The van der Waals surface area contributed by atoms with Crippen LogP contribution in [0.3, 0.4) is 0 Å². The molecular weight excluding hydrogens is 396 g/mol. The van der Waals surface area contributed by atoms with Crippen molar-refractivity contribution < 1.29 is 14.3 Å². The Hall–Kier alpha value is -2.68. The molecule has 0 aliphatic carbocycles. The Morgan fingerprint density at radius 1 is 1.16 bits per heavy atom. The van der Waals surface area contributed by atoms with Crippen LogP contribution in [0.25, 0.3) is 11.0 Å². The maximum atomic E-state index is 13.7. The number of anilines is 1. The quantitative estimate of drug-likeness (QED) is 0.774. The number of H-pyrrole nitrogens is 1. The zero-order valence-electron chi connectivity index (χ0n) is 17.6. The fraction of sp³-hybridized carbons (Fsp3) is 0.636. The number of piperidine rings is 3. The van der Waals surface area contributed by atoms with Gasteiger partial charge in [0.15, 0.2) is 0 Å². The normalized spacial score (nSPS) is 31.1. The largest absolute Gasteiger partial charge is 0.378 e. The third-order valence-corrected chi connectivity index (χ3v) is 7.55. The highest BCUT2D eigenvalue weighted by atomic mass is 16.5. The lowest BCUT2D eigenvalue weighted by atomic mass is 9.71. The van der Waals surface area contributed by atoms with Crippen LogP contribution in [-0.2, 0) is 14.3 Å². The molecule has 6 rings (SSSR count). The van der Waals surface area contributed by atoms with Crippen LogP contribution in [0.4, 0.5) is 5.82 Å². The van der Waals surface area contributed by atoms with Gasteiger partial charge in [-0.3, -0.25) is 9.59 Å². The van der Waals surface area contributed by atoms with Crippen molar-refractivity contribution in [3.8, 4) is 0 Å². The lowest BCUT2D eigenvalue weighted by Gasteiger charge is -2.56. The first-order valence-electron chi connectivity index (χ1n) is 11.4. The molecule has 2 aromatic heterocycles. The van der Waals surface area contributed by atoms with Gasteiger partial charge < -0.3 is 24.4 Å². The van der Waals surface area contributed by atoms with E-state index in [-0.39, 0.29) is 29.8 Å². The van der Waals surface area contributed by atoms with Crippen molar-refractivity contribution in [2.75, 3.05) is 44.3 Å². The minimum Gasteiger partial charge on any atom is -0.378 e. The number of ether oxygens (including phenoxy) is 1. The molecule has 0 unspecified atom stereocenters. The summed E-state index contributed by atoms with van der Waals surface area (Å²) < 4.78 is 5.45. The Bertz CT molecular complexity index is 1000. The molecular formula is C22H28N6O3.